The van der Waals surface area contributed by atoms with Crippen molar-refractivity contribution in [2.24, 2.45) is 0 Å². The first-order valence-corrected chi connectivity index (χ1v) is 15.4. The number of aliphatic hydroxyl groups excluding tert-OH is 1. The number of hydrogen-bond donors (Lipinski definition) is 1. The average Bonchev–Trinajstić information content (AvgIpc) is 3.64. The fourth-order valence-electron chi connectivity index (χ4n) is 5.83. The lowest BCUT2D eigenvalue weighted by atomic mass is 9.94. The SMILES string of the molecule is CCCOc1ccc(C2/C(=C(/O)c3ccc4c(c3)CC(C)O4)C(=O)C(=O)N2c2nc3c(C)cc(C)cc3s2)cc1OCC. The molecule has 222 valence electrons. The van der Waals surface area contributed by atoms with Crippen LogP contribution in [0, 0.1) is 13.8 Å². The molecule has 8 nitrogen and oxygen atoms in total. The number of thiazole rings is 1. The van der Waals surface area contributed by atoms with Crippen molar-refractivity contribution in [1.82, 2.24) is 4.98 Å². The number of amides is 1. The van der Waals surface area contributed by atoms with E-state index >= 15 is 0 Å². The highest BCUT2D eigenvalue weighted by Gasteiger charge is 2.48. The molecule has 1 saturated heterocycles. The lowest BCUT2D eigenvalue weighted by molar-refractivity contribution is -0.132. The van der Waals surface area contributed by atoms with Gasteiger partial charge in [-0.3, -0.25) is 14.5 Å². The molecule has 1 amide bonds. The molecule has 2 aliphatic rings. The van der Waals surface area contributed by atoms with Gasteiger partial charge in [-0.1, -0.05) is 30.4 Å². The second kappa shape index (κ2) is 11.4. The number of hydrogen-bond acceptors (Lipinski definition) is 8. The van der Waals surface area contributed by atoms with Crippen molar-refractivity contribution in [2.75, 3.05) is 18.1 Å². The minimum Gasteiger partial charge on any atom is -0.507 e. The maximum atomic E-state index is 13.8. The van der Waals surface area contributed by atoms with E-state index < -0.39 is 17.7 Å². The summed E-state index contributed by atoms with van der Waals surface area (Å²) in [5.74, 6) is 0.0592. The molecule has 2 aliphatic heterocycles. The van der Waals surface area contributed by atoms with Gasteiger partial charge in [0, 0.05) is 12.0 Å². The number of carbonyl (C=O) groups excluding carboxylic acids is 2. The monoisotopic (exact) mass is 598 g/mol. The molecule has 2 unspecified atom stereocenters. The van der Waals surface area contributed by atoms with Gasteiger partial charge < -0.3 is 19.3 Å². The Balaban J connectivity index is 1.54. The van der Waals surface area contributed by atoms with Crippen LogP contribution in [0.2, 0.25) is 0 Å². The summed E-state index contributed by atoms with van der Waals surface area (Å²) < 4.78 is 18.6. The fourth-order valence-corrected chi connectivity index (χ4v) is 6.99. The van der Waals surface area contributed by atoms with Gasteiger partial charge >= 0.3 is 5.91 Å². The first-order chi connectivity index (χ1) is 20.7. The van der Waals surface area contributed by atoms with Crippen LogP contribution in [0.1, 0.15) is 61.1 Å². The number of aryl methyl sites for hydroxylation is 2. The van der Waals surface area contributed by atoms with Crippen molar-refractivity contribution in [3.63, 3.8) is 0 Å². The van der Waals surface area contributed by atoms with Gasteiger partial charge in [0.1, 0.15) is 17.6 Å². The Morgan fingerprint density at radius 2 is 1.88 bits per heavy atom. The average molecular weight is 599 g/mol. The molecule has 3 heterocycles. The highest BCUT2D eigenvalue weighted by molar-refractivity contribution is 7.22. The Labute approximate surface area is 254 Å². The highest BCUT2D eigenvalue weighted by Crippen LogP contribution is 2.46. The second-order valence-corrected chi connectivity index (χ2v) is 12.0. The van der Waals surface area contributed by atoms with Crippen LogP contribution in [0.15, 0.2) is 54.1 Å². The van der Waals surface area contributed by atoms with Crippen LogP contribution in [0.5, 0.6) is 17.2 Å². The number of ketones is 1. The number of aromatic nitrogens is 1. The Morgan fingerprint density at radius 1 is 1.07 bits per heavy atom. The summed E-state index contributed by atoms with van der Waals surface area (Å²) in [6, 6.07) is 13.8. The summed E-state index contributed by atoms with van der Waals surface area (Å²) >= 11 is 1.35. The van der Waals surface area contributed by atoms with Crippen LogP contribution in [0.3, 0.4) is 0 Å². The standard InChI is InChI=1S/C34H34N2O6S/c1-6-12-41-25-11-8-21(17-26(25)40-7-2)30-28(31(37)22-9-10-24-23(16-22)15-20(5)42-24)32(38)33(39)36(30)34-35-29-19(4)13-18(3)14-27(29)43-34/h8-11,13-14,16-17,20,30,37H,6-7,12,15H2,1-5H3/b31-28-. The Morgan fingerprint density at radius 3 is 2.65 bits per heavy atom. The highest BCUT2D eigenvalue weighted by atomic mass is 32.1. The zero-order valence-corrected chi connectivity index (χ0v) is 25.7. The molecule has 4 aromatic rings. The molecule has 0 bridgehead atoms. The summed E-state index contributed by atoms with van der Waals surface area (Å²) in [4.78, 5) is 33.9. The Kier molecular flexibility index (Phi) is 7.60. The first-order valence-electron chi connectivity index (χ1n) is 14.6. The lowest BCUT2D eigenvalue weighted by Gasteiger charge is -2.24. The number of rotatable bonds is 8. The van der Waals surface area contributed by atoms with Crippen LogP contribution < -0.4 is 19.1 Å². The summed E-state index contributed by atoms with van der Waals surface area (Å²) in [7, 11) is 0. The zero-order valence-electron chi connectivity index (χ0n) is 24.9. The third kappa shape index (κ3) is 5.12. The molecule has 43 heavy (non-hydrogen) atoms. The van der Waals surface area contributed by atoms with Gasteiger partial charge in [-0.05, 0) is 92.8 Å². The van der Waals surface area contributed by atoms with Crippen LogP contribution >= 0.6 is 11.3 Å². The van der Waals surface area contributed by atoms with Gasteiger partial charge in [-0.15, -0.1) is 0 Å². The van der Waals surface area contributed by atoms with E-state index in [9.17, 15) is 14.7 Å². The van der Waals surface area contributed by atoms with Gasteiger partial charge in [0.15, 0.2) is 16.6 Å². The maximum Gasteiger partial charge on any atom is 0.301 e. The van der Waals surface area contributed by atoms with Crippen molar-refractivity contribution in [3.8, 4) is 17.2 Å². The topological polar surface area (TPSA) is 98.2 Å². The molecule has 1 fully saturated rings. The second-order valence-electron chi connectivity index (χ2n) is 11.0. The summed E-state index contributed by atoms with van der Waals surface area (Å²) in [5.41, 5.74) is 4.82. The zero-order chi connectivity index (χ0) is 30.4. The molecule has 0 aliphatic carbocycles. The minimum atomic E-state index is -0.940. The molecular formula is C34H34N2O6S. The van der Waals surface area contributed by atoms with Crippen molar-refractivity contribution >= 4 is 44.1 Å². The fraction of sp³-hybridized carbons (Fsp3) is 0.324. The Hall–Kier alpha value is -4.37. The van der Waals surface area contributed by atoms with Crippen molar-refractivity contribution in [2.45, 2.75) is 59.6 Å². The van der Waals surface area contributed by atoms with E-state index in [1.807, 2.05) is 58.9 Å². The quantitative estimate of drug-likeness (QED) is 0.132. The molecule has 0 radical (unpaired) electrons. The number of aliphatic hydroxyl groups is 1. The van der Waals surface area contributed by atoms with Crippen molar-refractivity contribution < 1.29 is 28.9 Å². The third-order valence-electron chi connectivity index (χ3n) is 7.68. The first kappa shape index (κ1) is 28.7. The van der Waals surface area contributed by atoms with E-state index in [0.29, 0.717) is 47.4 Å². The summed E-state index contributed by atoms with van der Waals surface area (Å²) in [6.45, 7) is 10.8. The van der Waals surface area contributed by atoms with Crippen LogP contribution in [-0.4, -0.2) is 41.1 Å². The maximum absolute atomic E-state index is 13.8. The summed E-state index contributed by atoms with van der Waals surface area (Å²) in [5, 5.41) is 12.1. The molecule has 1 aromatic heterocycles. The lowest BCUT2D eigenvalue weighted by Crippen LogP contribution is -2.29. The molecule has 9 heteroatoms. The van der Waals surface area contributed by atoms with Crippen LogP contribution in [0.4, 0.5) is 5.13 Å². The number of ether oxygens (including phenoxy) is 3. The van der Waals surface area contributed by atoms with E-state index in [-0.39, 0.29) is 17.4 Å². The molecule has 1 N–H and O–H groups in total. The van der Waals surface area contributed by atoms with Gasteiger partial charge in [-0.2, -0.15) is 0 Å². The van der Waals surface area contributed by atoms with E-state index in [2.05, 4.69) is 0 Å². The van der Waals surface area contributed by atoms with Gasteiger partial charge in [0.2, 0.25) is 0 Å². The predicted octanol–water partition coefficient (Wildman–Crippen LogP) is 7.05. The van der Waals surface area contributed by atoms with Crippen LogP contribution in [-0.2, 0) is 16.0 Å². The van der Waals surface area contributed by atoms with Gasteiger partial charge in [-0.25, -0.2) is 4.98 Å². The van der Waals surface area contributed by atoms with E-state index in [0.717, 1.165) is 39.1 Å². The summed E-state index contributed by atoms with van der Waals surface area (Å²) in [6.07, 6.45) is 1.54. The largest absolute Gasteiger partial charge is 0.507 e. The Bertz CT molecular complexity index is 1790. The van der Waals surface area contributed by atoms with Gasteiger partial charge in [0.05, 0.1) is 35.0 Å². The molecule has 0 saturated carbocycles. The molecular weight excluding hydrogens is 564 g/mol. The number of nitrogens with zero attached hydrogens (tertiary/aromatic N) is 2. The number of Topliss-reactive ketones (excluding diaryl/α,β-unsaturated/α-hetero) is 1. The molecule has 6 rings (SSSR count). The number of fused-ring (bicyclic) bond motifs is 2. The van der Waals surface area contributed by atoms with E-state index in [1.165, 1.54) is 16.2 Å². The van der Waals surface area contributed by atoms with Gasteiger partial charge in [0.25, 0.3) is 5.78 Å². The smallest absolute Gasteiger partial charge is 0.301 e. The molecule has 2 atom stereocenters. The number of carbonyl (C=O) groups is 2. The van der Waals surface area contributed by atoms with E-state index in [4.69, 9.17) is 19.2 Å². The van der Waals surface area contributed by atoms with E-state index in [1.54, 1.807) is 24.3 Å². The normalized spacial score (nSPS) is 19.1. The minimum absolute atomic E-state index is 0.00579. The predicted molar refractivity (Wildman–Crippen MR) is 168 cm³/mol. The van der Waals surface area contributed by atoms with Crippen molar-refractivity contribution in [3.05, 3.63) is 81.9 Å². The number of benzene rings is 3. The molecule has 0 spiro atoms. The van der Waals surface area contributed by atoms with Crippen molar-refractivity contribution in [1.29, 1.82) is 0 Å². The molecule has 3 aromatic carbocycles. The van der Waals surface area contributed by atoms with Crippen LogP contribution in [0.25, 0.3) is 16.0 Å². The number of anilines is 1. The third-order valence-corrected chi connectivity index (χ3v) is 8.69.